The summed E-state index contributed by atoms with van der Waals surface area (Å²) in [6.45, 7) is 1.99. The molecular formula is C14H12ClNO. The van der Waals surface area contributed by atoms with Crippen molar-refractivity contribution >= 4 is 23.5 Å². The molecule has 0 radical (unpaired) electrons. The fourth-order valence-corrected chi connectivity index (χ4v) is 1.58. The number of hydrogen-bond donors (Lipinski definition) is 0. The highest BCUT2D eigenvalue weighted by Gasteiger charge is 2.00. The number of aryl methyl sites for hydroxylation is 1. The van der Waals surface area contributed by atoms with Crippen molar-refractivity contribution in [3.63, 3.8) is 0 Å². The van der Waals surface area contributed by atoms with Crippen LogP contribution < -0.4 is 0 Å². The van der Waals surface area contributed by atoms with Crippen LogP contribution in [0.25, 0.3) is 0 Å². The molecule has 0 aliphatic rings. The Bertz CT molecular complexity index is 529. The minimum Gasteiger partial charge on any atom is -0.618 e. The van der Waals surface area contributed by atoms with Gasteiger partial charge in [0.25, 0.3) is 0 Å². The smallest absolute Gasteiger partial charge is 0.216 e. The highest BCUT2D eigenvalue weighted by molar-refractivity contribution is 6.30. The first-order valence-electron chi connectivity index (χ1n) is 5.28. The summed E-state index contributed by atoms with van der Waals surface area (Å²) in [6, 6.07) is 14.6. The zero-order chi connectivity index (χ0) is 12.3. The second kappa shape index (κ2) is 5.02. The fourth-order valence-electron chi connectivity index (χ4n) is 1.45. The molecule has 3 heteroatoms. The molecule has 0 spiro atoms. The van der Waals surface area contributed by atoms with Gasteiger partial charge >= 0.3 is 0 Å². The van der Waals surface area contributed by atoms with Crippen LogP contribution in [0.4, 0.5) is 5.69 Å². The lowest BCUT2D eigenvalue weighted by molar-refractivity contribution is -0.354. The molecule has 86 valence electrons. The molecule has 0 unspecified atom stereocenters. The van der Waals surface area contributed by atoms with E-state index < -0.39 is 0 Å². The van der Waals surface area contributed by atoms with Crippen molar-refractivity contribution in [1.82, 2.24) is 0 Å². The minimum absolute atomic E-state index is 0.616. The van der Waals surface area contributed by atoms with Crippen LogP contribution in [-0.2, 0) is 0 Å². The molecule has 0 aliphatic carbocycles. The summed E-state index contributed by atoms with van der Waals surface area (Å²) in [5, 5.41) is 12.5. The molecule has 2 aromatic rings. The van der Waals surface area contributed by atoms with E-state index in [-0.39, 0.29) is 0 Å². The Kier molecular flexibility index (Phi) is 3.45. The largest absolute Gasteiger partial charge is 0.618 e. The van der Waals surface area contributed by atoms with E-state index in [1.807, 2.05) is 19.1 Å². The third-order valence-corrected chi connectivity index (χ3v) is 2.68. The third-order valence-electron chi connectivity index (χ3n) is 2.42. The van der Waals surface area contributed by atoms with Crippen LogP contribution in [0, 0.1) is 12.1 Å². The average molecular weight is 246 g/mol. The molecule has 17 heavy (non-hydrogen) atoms. The average Bonchev–Trinajstić information content (AvgIpc) is 2.33. The zero-order valence-corrected chi connectivity index (χ0v) is 10.2. The van der Waals surface area contributed by atoms with Gasteiger partial charge in [0.2, 0.25) is 5.69 Å². The molecule has 0 atom stereocenters. The Labute approximate surface area is 105 Å². The monoisotopic (exact) mass is 245 g/mol. The number of hydrogen-bond acceptors (Lipinski definition) is 1. The predicted octanol–water partition coefficient (Wildman–Crippen LogP) is 3.91. The van der Waals surface area contributed by atoms with Crippen molar-refractivity contribution in [1.29, 1.82) is 0 Å². The maximum Gasteiger partial charge on any atom is 0.216 e. The molecular weight excluding hydrogens is 234 g/mol. The van der Waals surface area contributed by atoms with Gasteiger partial charge < -0.3 is 5.21 Å². The van der Waals surface area contributed by atoms with E-state index in [2.05, 4.69) is 0 Å². The Morgan fingerprint density at radius 3 is 2.18 bits per heavy atom. The van der Waals surface area contributed by atoms with Crippen molar-refractivity contribution in [3.05, 3.63) is 69.9 Å². The lowest BCUT2D eigenvalue weighted by Crippen LogP contribution is -1.98. The summed E-state index contributed by atoms with van der Waals surface area (Å²) in [7, 11) is 0. The molecule has 2 nitrogen and oxygen atoms in total. The van der Waals surface area contributed by atoms with Crippen LogP contribution in [0.1, 0.15) is 11.1 Å². The van der Waals surface area contributed by atoms with Crippen LogP contribution in [0.3, 0.4) is 0 Å². The number of rotatable bonds is 2. The van der Waals surface area contributed by atoms with Crippen LogP contribution in [0.2, 0.25) is 5.02 Å². The number of benzene rings is 2. The SMILES string of the molecule is Cc1ccc([N+]([O-])=Cc2ccc(Cl)cc2)cc1. The molecule has 0 fully saturated rings. The number of halogens is 1. The van der Waals surface area contributed by atoms with Crippen LogP contribution in [0.15, 0.2) is 48.5 Å². The van der Waals surface area contributed by atoms with Gasteiger partial charge in [-0.05, 0) is 31.2 Å². The van der Waals surface area contributed by atoms with Crippen LogP contribution >= 0.6 is 11.6 Å². The molecule has 0 aromatic heterocycles. The van der Waals surface area contributed by atoms with E-state index in [4.69, 9.17) is 11.6 Å². The Balaban J connectivity index is 2.27. The molecule has 0 bridgehead atoms. The Hall–Kier alpha value is -1.80. The lowest BCUT2D eigenvalue weighted by Gasteiger charge is -2.03. The normalized spacial score (nSPS) is 11.5. The van der Waals surface area contributed by atoms with Crippen molar-refractivity contribution < 1.29 is 4.74 Å². The van der Waals surface area contributed by atoms with Gasteiger partial charge in [-0.15, -0.1) is 0 Å². The van der Waals surface area contributed by atoms with E-state index >= 15 is 0 Å². The summed E-state index contributed by atoms with van der Waals surface area (Å²) in [4.78, 5) is 0. The highest BCUT2D eigenvalue weighted by atomic mass is 35.5. The summed E-state index contributed by atoms with van der Waals surface area (Å²) in [5.41, 5.74) is 2.57. The second-order valence-corrected chi connectivity index (χ2v) is 4.28. The van der Waals surface area contributed by atoms with E-state index in [1.165, 1.54) is 6.21 Å². The Morgan fingerprint density at radius 1 is 1.00 bits per heavy atom. The maximum atomic E-state index is 11.8. The van der Waals surface area contributed by atoms with Gasteiger partial charge in [0.15, 0.2) is 6.21 Å². The van der Waals surface area contributed by atoms with Gasteiger partial charge in [0, 0.05) is 22.7 Å². The van der Waals surface area contributed by atoms with E-state index in [0.29, 0.717) is 10.7 Å². The molecule has 0 amide bonds. The molecule has 2 aromatic carbocycles. The molecule has 0 saturated heterocycles. The van der Waals surface area contributed by atoms with Crippen LogP contribution in [-0.4, -0.2) is 11.0 Å². The van der Waals surface area contributed by atoms with Gasteiger partial charge in [-0.2, -0.15) is 4.74 Å². The van der Waals surface area contributed by atoms with Crippen molar-refractivity contribution in [2.75, 3.05) is 0 Å². The number of nitrogens with zero attached hydrogens (tertiary/aromatic N) is 1. The molecule has 0 saturated carbocycles. The summed E-state index contributed by atoms with van der Waals surface area (Å²) in [5.74, 6) is 0. The fraction of sp³-hybridized carbons (Fsp3) is 0.0714. The third kappa shape index (κ3) is 3.08. The summed E-state index contributed by atoms with van der Waals surface area (Å²) < 4.78 is 0.850. The predicted molar refractivity (Wildman–Crippen MR) is 71.1 cm³/mol. The maximum absolute atomic E-state index is 11.8. The first-order valence-corrected chi connectivity index (χ1v) is 5.66. The molecule has 0 N–H and O–H groups in total. The summed E-state index contributed by atoms with van der Waals surface area (Å²) in [6.07, 6.45) is 1.53. The van der Waals surface area contributed by atoms with Gasteiger partial charge in [-0.1, -0.05) is 29.3 Å². The first-order chi connectivity index (χ1) is 8.15. The van der Waals surface area contributed by atoms with Crippen LogP contribution in [0.5, 0.6) is 0 Å². The quantitative estimate of drug-likeness (QED) is 0.341. The van der Waals surface area contributed by atoms with Crippen molar-refractivity contribution in [2.24, 2.45) is 0 Å². The van der Waals surface area contributed by atoms with Gasteiger partial charge in [-0.25, -0.2) is 0 Å². The van der Waals surface area contributed by atoms with Crippen molar-refractivity contribution in [3.8, 4) is 0 Å². The lowest BCUT2D eigenvalue weighted by atomic mass is 10.2. The van der Waals surface area contributed by atoms with Gasteiger partial charge in [0.1, 0.15) is 0 Å². The molecule has 0 aliphatic heterocycles. The standard InChI is InChI=1S/C14H12ClNO/c1-11-2-8-14(9-3-11)16(17)10-12-4-6-13(15)7-5-12/h2-10H,1H3. The van der Waals surface area contributed by atoms with Crippen molar-refractivity contribution in [2.45, 2.75) is 6.92 Å². The summed E-state index contributed by atoms with van der Waals surface area (Å²) >= 11 is 5.78. The minimum atomic E-state index is 0.616. The van der Waals surface area contributed by atoms with E-state index in [9.17, 15) is 5.21 Å². The van der Waals surface area contributed by atoms with E-state index in [0.717, 1.165) is 15.9 Å². The Morgan fingerprint density at radius 2 is 1.59 bits per heavy atom. The molecule has 0 heterocycles. The topological polar surface area (TPSA) is 26.1 Å². The highest BCUT2D eigenvalue weighted by Crippen LogP contribution is 2.13. The molecule has 2 rings (SSSR count). The zero-order valence-electron chi connectivity index (χ0n) is 9.43. The van der Waals surface area contributed by atoms with Gasteiger partial charge in [0.05, 0.1) is 0 Å². The second-order valence-electron chi connectivity index (χ2n) is 3.84. The van der Waals surface area contributed by atoms with Gasteiger partial charge in [-0.3, -0.25) is 0 Å². The van der Waals surface area contributed by atoms with E-state index in [1.54, 1.807) is 36.4 Å². The first kappa shape index (κ1) is 11.7.